The first kappa shape index (κ1) is 15.4. The molecule has 0 aromatic heterocycles. The molecule has 0 saturated carbocycles. The van der Waals surface area contributed by atoms with Crippen LogP contribution in [0.4, 0.5) is 13.6 Å². The van der Waals surface area contributed by atoms with Gasteiger partial charge in [-0.3, -0.25) is 0 Å². The second-order valence-electron chi connectivity index (χ2n) is 4.35. The largest absolute Gasteiger partial charge is 0.454 e. The van der Waals surface area contributed by atoms with Crippen molar-refractivity contribution in [3.63, 3.8) is 0 Å². The summed E-state index contributed by atoms with van der Waals surface area (Å²) in [5.74, 6) is -0.713. The number of benzene rings is 2. The van der Waals surface area contributed by atoms with Gasteiger partial charge in [-0.2, -0.15) is 5.10 Å². The monoisotopic (exact) mass is 305 g/mol. The highest BCUT2D eigenvalue weighted by atomic mass is 19.1. The molecule has 0 heterocycles. The Balaban J connectivity index is 2.12. The lowest BCUT2D eigenvalue weighted by Gasteiger charge is -2.08. The number of hydrogen-bond acceptors (Lipinski definition) is 3. The molecule has 0 aliphatic carbocycles. The summed E-state index contributed by atoms with van der Waals surface area (Å²) in [6.07, 6.45) is 1.29. The van der Waals surface area contributed by atoms with Gasteiger partial charge >= 0.3 is 6.03 Å². The van der Waals surface area contributed by atoms with Crippen LogP contribution < -0.4 is 10.5 Å². The van der Waals surface area contributed by atoms with Gasteiger partial charge in [0.15, 0.2) is 11.6 Å². The maximum absolute atomic E-state index is 13.9. The second kappa shape index (κ2) is 6.66. The second-order valence-corrected chi connectivity index (χ2v) is 4.35. The highest BCUT2D eigenvalue weighted by Gasteiger charge is 2.06. The van der Waals surface area contributed by atoms with Gasteiger partial charge in [0.25, 0.3) is 0 Å². The van der Waals surface area contributed by atoms with Gasteiger partial charge in [-0.05, 0) is 48.0 Å². The SMILES string of the molecule is CN(N=Cc1ccc(Oc2ccc(F)cc2)c(F)c1)C(N)=O. The van der Waals surface area contributed by atoms with Crippen molar-refractivity contribution in [2.24, 2.45) is 10.8 Å². The smallest absolute Gasteiger partial charge is 0.334 e. The van der Waals surface area contributed by atoms with Gasteiger partial charge in [0, 0.05) is 7.05 Å². The van der Waals surface area contributed by atoms with Gasteiger partial charge in [0.05, 0.1) is 6.21 Å². The lowest BCUT2D eigenvalue weighted by atomic mass is 10.2. The van der Waals surface area contributed by atoms with E-state index in [1.54, 1.807) is 6.07 Å². The van der Waals surface area contributed by atoms with Crippen LogP contribution in [-0.4, -0.2) is 24.3 Å². The van der Waals surface area contributed by atoms with Crippen LogP contribution in [0.1, 0.15) is 5.56 Å². The molecule has 2 aromatic rings. The van der Waals surface area contributed by atoms with E-state index in [-0.39, 0.29) is 5.75 Å². The summed E-state index contributed by atoms with van der Waals surface area (Å²) in [6, 6.07) is 8.65. The number of carbonyl (C=O) groups excluding carboxylic acids is 1. The summed E-state index contributed by atoms with van der Waals surface area (Å²) in [6.45, 7) is 0. The van der Waals surface area contributed by atoms with Gasteiger partial charge < -0.3 is 10.5 Å². The van der Waals surface area contributed by atoms with E-state index in [0.717, 1.165) is 5.01 Å². The summed E-state index contributed by atoms with van der Waals surface area (Å²) in [5, 5.41) is 4.66. The Morgan fingerprint density at radius 2 is 1.91 bits per heavy atom. The Morgan fingerprint density at radius 1 is 1.23 bits per heavy atom. The van der Waals surface area contributed by atoms with Crippen LogP contribution in [0.3, 0.4) is 0 Å². The van der Waals surface area contributed by atoms with Crippen molar-refractivity contribution in [2.75, 3.05) is 7.05 Å². The molecule has 0 bridgehead atoms. The van der Waals surface area contributed by atoms with Gasteiger partial charge in [0.2, 0.25) is 0 Å². The Morgan fingerprint density at radius 3 is 2.50 bits per heavy atom. The molecule has 0 unspecified atom stereocenters. The Labute approximate surface area is 125 Å². The van der Waals surface area contributed by atoms with Gasteiger partial charge in [-0.1, -0.05) is 0 Å². The summed E-state index contributed by atoms with van der Waals surface area (Å²) in [7, 11) is 1.38. The van der Waals surface area contributed by atoms with Crippen molar-refractivity contribution in [2.45, 2.75) is 0 Å². The number of hydrazone groups is 1. The van der Waals surface area contributed by atoms with E-state index < -0.39 is 17.7 Å². The van der Waals surface area contributed by atoms with Gasteiger partial charge in [-0.25, -0.2) is 18.6 Å². The maximum Gasteiger partial charge on any atom is 0.334 e. The lowest BCUT2D eigenvalue weighted by molar-refractivity contribution is 0.220. The lowest BCUT2D eigenvalue weighted by Crippen LogP contribution is -2.27. The molecule has 0 fully saturated rings. The molecule has 114 valence electrons. The first-order valence-corrected chi connectivity index (χ1v) is 6.26. The summed E-state index contributed by atoms with van der Waals surface area (Å²) < 4.78 is 32.0. The third-order valence-corrected chi connectivity index (χ3v) is 2.70. The summed E-state index contributed by atoms with van der Waals surface area (Å²) in [4.78, 5) is 10.8. The standard InChI is InChI=1S/C15H13F2N3O2/c1-20(15(18)21)19-9-10-2-7-14(13(17)8-10)22-12-5-3-11(16)4-6-12/h2-9H,1H3,(H2,18,21). The molecule has 0 saturated heterocycles. The number of rotatable bonds is 4. The van der Waals surface area contributed by atoms with Crippen molar-refractivity contribution in [1.29, 1.82) is 0 Å². The number of primary amides is 1. The molecule has 2 N–H and O–H groups in total. The molecule has 22 heavy (non-hydrogen) atoms. The summed E-state index contributed by atoms with van der Waals surface area (Å²) >= 11 is 0. The van der Waals surface area contributed by atoms with Crippen LogP contribution in [0.2, 0.25) is 0 Å². The zero-order chi connectivity index (χ0) is 16.1. The number of nitrogens with zero attached hydrogens (tertiary/aromatic N) is 2. The number of amides is 2. The fourth-order valence-corrected chi connectivity index (χ4v) is 1.52. The predicted octanol–water partition coefficient (Wildman–Crippen LogP) is 3.10. The average Bonchev–Trinajstić information content (AvgIpc) is 2.49. The molecule has 5 nitrogen and oxygen atoms in total. The van der Waals surface area contributed by atoms with Gasteiger partial charge in [-0.15, -0.1) is 0 Å². The minimum Gasteiger partial charge on any atom is -0.454 e. The predicted molar refractivity (Wildman–Crippen MR) is 77.8 cm³/mol. The minimum atomic E-state index is -0.729. The fourth-order valence-electron chi connectivity index (χ4n) is 1.52. The van der Waals surface area contributed by atoms with Crippen molar-refractivity contribution >= 4 is 12.2 Å². The molecule has 2 aromatic carbocycles. The zero-order valence-electron chi connectivity index (χ0n) is 11.7. The van der Waals surface area contributed by atoms with Gasteiger partial charge in [0.1, 0.15) is 11.6 Å². The number of urea groups is 1. The molecule has 0 spiro atoms. The molecule has 2 amide bonds. The highest BCUT2D eigenvalue weighted by Crippen LogP contribution is 2.25. The maximum atomic E-state index is 13.9. The molecule has 0 aliphatic rings. The van der Waals surface area contributed by atoms with E-state index in [0.29, 0.717) is 11.3 Å². The quantitative estimate of drug-likeness (QED) is 0.696. The third-order valence-electron chi connectivity index (χ3n) is 2.70. The van der Waals surface area contributed by atoms with Crippen molar-refractivity contribution in [1.82, 2.24) is 5.01 Å². The normalized spacial score (nSPS) is 10.7. The molecule has 0 atom stereocenters. The number of halogens is 2. The summed E-state index contributed by atoms with van der Waals surface area (Å²) in [5.41, 5.74) is 5.43. The number of carbonyl (C=O) groups is 1. The molecule has 0 radical (unpaired) electrons. The highest BCUT2D eigenvalue weighted by molar-refractivity contribution is 5.81. The average molecular weight is 305 g/mol. The van der Waals surface area contributed by atoms with Crippen LogP contribution in [0.15, 0.2) is 47.6 Å². The fraction of sp³-hybridized carbons (Fsp3) is 0.0667. The Kier molecular flexibility index (Phi) is 4.67. The number of hydrogen-bond donors (Lipinski definition) is 1. The van der Waals surface area contributed by atoms with Crippen molar-refractivity contribution < 1.29 is 18.3 Å². The minimum absolute atomic E-state index is 0.00739. The van der Waals surface area contributed by atoms with E-state index in [2.05, 4.69) is 5.10 Å². The van der Waals surface area contributed by atoms with Crippen LogP contribution in [0, 0.1) is 11.6 Å². The molecule has 0 aliphatic heterocycles. The zero-order valence-corrected chi connectivity index (χ0v) is 11.7. The van der Waals surface area contributed by atoms with E-state index in [1.807, 2.05) is 0 Å². The third kappa shape index (κ3) is 4.02. The molecule has 2 rings (SSSR count). The van der Waals surface area contributed by atoms with Crippen LogP contribution >= 0.6 is 0 Å². The topological polar surface area (TPSA) is 67.9 Å². The molecule has 7 heteroatoms. The number of ether oxygens (including phenoxy) is 1. The van der Waals surface area contributed by atoms with E-state index >= 15 is 0 Å². The van der Waals surface area contributed by atoms with E-state index in [9.17, 15) is 13.6 Å². The first-order valence-electron chi connectivity index (χ1n) is 6.26. The van der Waals surface area contributed by atoms with Crippen molar-refractivity contribution in [3.05, 3.63) is 59.7 Å². The molecular formula is C15H13F2N3O2. The molecular weight excluding hydrogens is 292 g/mol. The Bertz CT molecular complexity index is 702. The number of nitrogens with two attached hydrogens (primary N) is 1. The Hall–Kier alpha value is -2.96. The van der Waals surface area contributed by atoms with Crippen LogP contribution in [0.25, 0.3) is 0 Å². The van der Waals surface area contributed by atoms with Crippen LogP contribution in [0.5, 0.6) is 11.5 Å². The first-order chi connectivity index (χ1) is 10.5. The van der Waals surface area contributed by atoms with E-state index in [4.69, 9.17) is 10.5 Å². The van der Waals surface area contributed by atoms with Crippen LogP contribution in [-0.2, 0) is 0 Å². The van der Waals surface area contributed by atoms with Crippen molar-refractivity contribution in [3.8, 4) is 11.5 Å². The van der Waals surface area contributed by atoms with E-state index in [1.165, 1.54) is 49.7 Å².